The largest absolute Gasteiger partial charge is 0.382 e. The molecule has 4 atom stereocenters. The van der Waals surface area contributed by atoms with Gasteiger partial charge in [-0.15, -0.1) is 0 Å². The van der Waals surface area contributed by atoms with Crippen LogP contribution in [-0.4, -0.2) is 38.9 Å². The zero-order valence-electron chi connectivity index (χ0n) is 9.62. The summed E-state index contributed by atoms with van der Waals surface area (Å²) in [6.07, 6.45) is 1.94. The molecule has 0 saturated carbocycles. The molecular weight excluding hydrogens is 420 g/mol. The molecule has 0 aromatic carbocycles. The third-order valence-electron chi connectivity index (χ3n) is 3.02. The number of hydrogen-bond donors (Lipinski definition) is 1. The van der Waals surface area contributed by atoms with E-state index in [0.29, 0.717) is 6.42 Å². The summed E-state index contributed by atoms with van der Waals surface area (Å²) >= 11 is 10.3. The summed E-state index contributed by atoms with van der Waals surface area (Å²) < 4.78 is 12.3. The molecule has 1 fully saturated rings. The van der Waals surface area contributed by atoms with Gasteiger partial charge in [0.25, 0.3) is 0 Å². The Morgan fingerprint density at radius 2 is 2.12 bits per heavy atom. The molecule has 6 heteroatoms. The monoisotopic (exact) mass is 432 g/mol. The highest BCUT2D eigenvalue weighted by Gasteiger charge is 2.57. The summed E-state index contributed by atoms with van der Waals surface area (Å²) in [6.45, 7) is 3.73. The smallest absolute Gasteiger partial charge is 0.164 e. The highest BCUT2D eigenvalue weighted by molar-refractivity contribution is 9.12. The van der Waals surface area contributed by atoms with Gasteiger partial charge in [0.15, 0.2) is 5.79 Å². The van der Waals surface area contributed by atoms with Gasteiger partial charge < -0.3 is 14.6 Å². The summed E-state index contributed by atoms with van der Waals surface area (Å²) in [5, 5.41) is 11.6. The van der Waals surface area contributed by atoms with Gasteiger partial charge in [0.2, 0.25) is 0 Å². The summed E-state index contributed by atoms with van der Waals surface area (Å²) in [4.78, 5) is 0.180. The Labute approximate surface area is 126 Å². The second kappa shape index (κ2) is 4.87. The summed E-state index contributed by atoms with van der Waals surface area (Å²) in [5.41, 5.74) is -1.01. The number of rotatable bonds is 3. The van der Waals surface area contributed by atoms with E-state index in [2.05, 4.69) is 47.8 Å². The van der Waals surface area contributed by atoms with Gasteiger partial charge in [-0.1, -0.05) is 47.8 Å². The third kappa shape index (κ3) is 2.67. The number of alkyl halides is 2. The van der Waals surface area contributed by atoms with Gasteiger partial charge in [-0.3, -0.25) is 0 Å². The predicted molar refractivity (Wildman–Crippen MR) is 76.9 cm³/mol. The highest BCUT2D eigenvalue weighted by atomic mass is 79.9. The van der Waals surface area contributed by atoms with Gasteiger partial charge in [0.05, 0.1) is 0 Å². The van der Waals surface area contributed by atoms with E-state index in [9.17, 15) is 5.11 Å². The molecule has 1 saturated heterocycles. The average molecular weight is 435 g/mol. The van der Waals surface area contributed by atoms with Crippen molar-refractivity contribution in [1.82, 2.24) is 0 Å². The third-order valence-corrected chi connectivity index (χ3v) is 6.27. The molecule has 2 aliphatic rings. The van der Waals surface area contributed by atoms with Crippen molar-refractivity contribution in [2.24, 2.45) is 0 Å². The van der Waals surface area contributed by atoms with Crippen molar-refractivity contribution in [2.45, 2.75) is 48.7 Å². The van der Waals surface area contributed by atoms with Crippen LogP contribution in [0.25, 0.3) is 0 Å². The highest BCUT2D eigenvalue weighted by Crippen LogP contribution is 2.48. The Kier molecular flexibility index (Phi) is 4.14. The van der Waals surface area contributed by atoms with Crippen molar-refractivity contribution in [3.8, 4) is 0 Å². The molecule has 98 valence electrons. The first-order valence-corrected chi connectivity index (χ1v) is 8.27. The van der Waals surface area contributed by atoms with E-state index < -0.39 is 11.4 Å². The number of halogens is 3. The van der Waals surface area contributed by atoms with Crippen LogP contribution < -0.4 is 0 Å². The maximum Gasteiger partial charge on any atom is 0.164 e. The standard InChI is InChI=1S/C11H15Br3O3/c1-10(2)16-7-3-8(14)11(15,9(7)17-10)4-6(13)5-12/h3,6-7,9,15H,4-5H2,1-2H3/t6?,7-,9-,11+/m0/s1. The first-order chi connectivity index (χ1) is 7.78. The predicted octanol–water partition coefficient (Wildman–Crippen LogP) is 3.08. The van der Waals surface area contributed by atoms with Gasteiger partial charge in [0.1, 0.15) is 17.8 Å². The number of hydrogen-bond acceptors (Lipinski definition) is 3. The van der Waals surface area contributed by atoms with Gasteiger partial charge in [-0.05, 0) is 26.3 Å². The molecule has 0 radical (unpaired) electrons. The van der Waals surface area contributed by atoms with E-state index in [-0.39, 0.29) is 17.0 Å². The van der Waals surface area contributed by atoms with Crippen molar-refractivity contribution in [1.29, 1.82) is 0 Å². The quantitative estimate of drug-likeness (QED) is 0.694. The SMILES string of the molecule is CC1(C)O[C@H]2C=C(Br)[C@](O)(CC(Br)CBr)[C@H]2O1. The van der Waals surface area contributed by atoms with Crippen molar-refractivity contribution in [3.63, 3.8) is 0 Å². The van der Waals surface area contributed by atoms with Crippen molar-refractivity contribution >= 4 is 47.8 Å². The summed E-state index contributed by atoms with van der Waals surface area (Å²) in [7, 11) is 0. The Hall–Kier alpha value is 1.06. The minimum Gasteiger partial charge on any atom is -0.382 e. The lowest BCUT2D eigenvalue weighted by atomic mass is 9.94. The minimum atomic E-state index is -1.01. The van der Waals surface area contributed by atoms with Crippen molar-refractivity contribution in [3.05, 3.63) is 10.6 Å². The molecule has 1 N–H and O–H groups in total. The number of ether oxygens (including phenoxy) is 2. The second-order valence-corrected chi connectivity index (χ2v) is 7.71. The molecule has 1 unspecified atom stereocenters. The van der Waals surface area contributed by atoms with Crippen LogP contribution in [0.1, 0.15) is 20.3 Å². The fourth-order valence-electron chi connectivity index (χ4n) is 2.31. The van der Waals surface area contributed by atoms with Crippen LogP contribution in [0.3, 0.4) is 0 Å². The fourth-order valence-corrected chi connectivity index (χ4v) is 3.68. The maximum atomic E-state index is 10.8. The molecule has 1 heterocycles. The van der Waals surface area contributed by atoms with Gasteiger partial charge >= 0.3 is 0 Å². The molecule has 0 bridgehead atoms. The molecular formula is C11H15Br3O3. The molecule has 0 spiro atoms. The topological polar surface area (TPSA) is 38.7 Å². The minimum absolute atomic E-state index is 0.180. The molecule has 2 rings (SSSR count). The lowest BCUT2D eigenvalue weighted by Gasteiger charge is -2.32. The van der Waals surface area contributed by atoms with Gasteiger partial charge in [-0.2, -0.15) is 0 Å². The van der Waals surface area contributed by atoms with Crippen LogP contribution in [0, 0.1) is 0 Å². The lowest BCUT2D eigenvalue weighted by Crippen LogP contribution is -2.45. The number of aliphatic hydroxyl groups is 1. The van der Waals surface area contributed by atoms with Crippen LogP contribution in [-0.2, 0) is 9.47 Å². The summed E-state index contributed by atoms with van der Waals surface area (Å²) in [6, 6.07) is 0. The molecule has 0 aromatic heterocycles. The Bertz CT molecular complexity index is 345. The van der Waals surface area contributed by atoms with E-state index in [1.54, 1.807) is 0 Å². The Balaban J connectivity index is 2.20. The molecule has 17 heavy (non-hydrogen) atoms. The maximum absolute atomic E-state index is 10.8. The van der Waals surface area contributed by atoms with Crippen molar-refractivity contribution < 1.29 is 14.6 Å². The molecule has 3 nitrogen and oxygen atoms in total. The Morgan fingerprint density at radius 3 is 2.71 bits per heavy atom. The normalized spacial score (nSPS) is 41.2. The number of fused-ring (bicyclic) bond motifs is 1. The van der Waals surface area contributed by atoms with E-state index in [1.165, 1.54) is 0 Å². The first kappa shape index (κ1) is 14.5. The van der Waals surface area contributed by atoms with Gasteiger partial charge in [0, 0.05) is 14.6 Å². The average Bonchev–Trinajstić information content (AvgIpc) is 2.62. The molecule has 1 aliphatic heterocycles. The first-order valence-electron chi connectivity index (χ1n) is 5.44. The molecule has 1 aliphatic carbocycles. The van der Waals surface area contributed by atoms with E-state index in [1.807, 2.05) is 19.9 Å². The van der Waals surface area contributed by atoms with Crippen LogP contribution >= 0.6 is 47.8 Å². The van der Waals surface area contributed by atoms with Crippen LogP contribution in [0.4, 0.5) is 0 Å². The lowest BCUT2D eigenvalue weighted by molar-refractivity contribution is -0.165. The van der Waals surface area contributed by atoms with E-state index in [0.717, 1.165) is 9.81 Å². The van der Waals surface area contributed by atoms with E-state index in [4.69, 9.17) is 9.47 Å². The second-order valence-electron chi connectivity index (χ2n) is 4.92. The molecule has 0 amide bonds. The zero-order valence-corrected chi connectivity index (χ0v) is 14.4. The van der Waals surface area contributed by atoms with Crippen LogP contribution in [0.15, 0.2) is 10.6 Å². The fraction of sp³-hybridized carbons (Fsp3) is 0.818. The van der Waals surface area contributed by atoms with Gasteiger partial charge in [-0.25, -0.2) is 0 Å². The summed E-state index contributed by atoms with van der Waals surface area (Å²) in [5.74, 6) is -0.635. The zero-order chi connectivity index (χ0) is 12.8. The van der Waals surface area contributed by atoms with Crippen molar-refractivity contribution in [2.75, 3.05) is 5.33 Å². The van der Waals surface area contributed by atoms with Crippen LogP contribution in [0.2, 0.25) is 0 Å². The molecule has 0 aromatic rings. The Morgan fingerprint density at radius 1 is 1.47 bits per heavy atom. The van der Waals surface area contributed by atoms with Crippen LogP contribution in [0.5, 0.6) is 0 Å². The van der Waals surface area contributed by atoms with E-state index >= 15 is 0 Å².